The lowest BCUT2D eigenvalue weighted by atomic mass is 10.1. The molecule has 0 saturated carbocycles. The van der Waals surface area contributed by atoms with Gasteiger partial charge in [0, 0.05) is 31.6 Å². The number of halogens is 1. The highest BCUT2D eigenvalue weighted by atomic mass is 35.5. The number of hydrogen-bond acceptors (Lipinski definition) is 6. The molecule has 1 aliphatic rings. The summed E-state index contributed by atoms with van der Waals surface area (Å²) in [5.74, 6) is 0.611. The van der Waals surface area contributed by atoms with Crippen LogP contribution in [-0.2, 0) is 11.3 Å². The Balaban J connectivity index is 1.34. The van der Waals surface area contributed by atoms with Crippen molar-refractivity contribution in [1.29, 1.82) is 0 Å². The molecule has 144 valence electrons. The third-order valence-corrected chi connectivity index (χ3v) is 5.87. The summed E-state index contributed by atoms with van der Waals surface area (Å²) in [6, 6.07) is 7.81. The molecule has 0 atom stereocenters. The largest absolute Gasteiger partial charge is 0.383 e. The smallest absolute Gasteiger partial charge is 0.237 e. The van der Waals surface area contributed by atoms with Crippen LogP contribution in [0.1, 0.15) is 11.1 Å². The van der Waals surface area contributed by atoms with E-state index in [9.17, 15) is 4.79 Å². The van der Waals surface area contributed by atoms with E-state index >= 15 is 0 Å². The molecule has 4 rings (SSSR count). The second-order valence-corrected chi connectivity index (χ2v) is 8.29. The Labute approximate surface area is 172 Å². The number of carbonyl (C=O) groups is 1. The first kappa shape index (κ1) is 18.9. The molecule has 1 saturated heterocycles. The topological polar surface area (TPSA) is 75.3 Å². The lowest BCUT2D eigenvalue weighted by Crippen LogP contribution is -2.49. The number of thiophene rings is 1. The lowest BCUT2D eigenvalue weighted by Gasteiger charge is -2.33. The molecule has 0 spiro atoms. The van der Waals surface area contributed by atoms with Crippen LogP contribution in [0, 0.1) is 0 Å². The number of piperazine rings is 1. The zero-order valence-corrected chi connectivity index (χ0v) is 16.8. The first-order valence-electron chi connectivity index (χ1n) is 8.98. The van der Waals surface area contributed by atoms with Crippen LogP contribution >= 0.6 is 22.9 Å². The monoisotopic (exact) mass is 413 g/mol. The summed E-state index contributed by atoms with van der Waals surface area (Å²) in [7, 11) is 0. The van der Waals surface area contributed by atoms with Gasteiger partial charge in [0.25, 0.3) is 0 Å². The number of fused-ring (bicyclic) bond motifs is 1. The van der Waals surface area contributed by atoms with Crippen molar-refractivity contribution in [2.24, 2.45) is 0 Å². The van der Waals surface area contributed by atoms with Crippen LogP contribution in [0.15, 0.2) is 42.0 Å². The number of amides is 1. The van der Waals surface area contributed by atoms with Gasteiger partial charge in [0.05, 0.1) is 16.4 Å². The molecule has 2 aromatic heterocycles. The standard InChI is InChI=1S/C20H20ClN5OS/c21-18-9-15(12-28-18)2-1-5-25-6-7-26(19(27)11-25)10-14-3-4-16-17(8-14)23-13-24-20(16)22/h1-4,8-9,12-13H,5-7,10-11H2,(H2,22,23,24). The zero-order chi connectivity index (χ0) is 19.5. The Morgan fingerprint density at radius 1 is 1.25 bits per heavy atom. The Morgan fingerprint density at radius 3 is 2.93 bits per heavy atom. The van der Waals surface area contributed by atoms with E-state index < -0.39 is 0 Å². The van der Waals surface area contributed by atoms with E-state index in [0.717, 1.165) is 39.5 Å². The van der Waals surface area contributed by atoms with E-state index in [4.69, 9.17) is 17.3 Å². The molecule has 2 N–H and O–H groups in total. The van der Waals surface area contributed by atoms with Gasteiger partial charge in [-0.15, -0.1) is 11.3 Å². The zero-order valence-electron chi connectivity index (χ0n) is 15.2. The molecule has 3 heterocycles. The van der Waals surface area contributed by atoms with Crippen LogP contribution in [0.25, 0.3) is 17.0 Å². The molecular formula is C20H20ClN5OS. The molecule has 1 amide bonds. The number of rotatable bonds is 5. The van der Waals surface area contributed by atoms with E-state index in [1.54, 1.807) is 0 Å². The molecule has 28 heavy (non-hydrogen) atoms. The molecule has 0 unspecified atom stereocenters. The van der Waals surface area contributed by atoms with Crippen LogP contribution in [0.4, 0.5) is 5.82 Å². The van der Waals surface area contributed by atoms with Gasteiger partial charge in [-0.05, 0) is 34.7 Å². The first-order chi connectivity index (χ1) is 13.6. The summed E-state index contributed by atoms with van der Waals surface area (Å²) in [5, 5.41) is 2.85. The molecule has 0 aliphatic carbocycles. The molecule has 3 aromatic rings. The number of nitrogens with two attached hydrogens (primary N) is 1. The van der Waals surface area contributed by atoms with Crippen LogP contribution in [-0.4, -0.2) is 51.9 Å². The third kappa shape index (κ3) is 4.32. The molecular weight excluding hydrogens is 394 g/mol. The van der Waals surface area contributed by atoms with Gasteiger partial charge >= 0.3 is 0 Å². The van der Waals surface area contributed by atoms with Crippen molar-refractivity contribution >= 4 is 51.6 Å². The number of hydrogen-bond donors (Lipinski definition) is 1. The van der Waals surface area contributed by atoms with E-state index in [-0.39, 0.29) is 5.91 Å². The second-order valence-electron chi connectivity index (χ2n) is 6.75. The summed E-state index contributed by atoms with van der Waals surface area (Å²) in [6.45, 7) is 3.32. The van der Waals surface area contributed by atoms with Crippen molar-refractivity contribution in [3.63, 3.8) is 0 Å². The maximum absolute atomic E-state index is 12.6. The fraction of sp³-hybridized carbons (Fsp3) is 0.250. The number of nitrogens with zero attached hydrogens (tertiary/aromatic N) is 4. The van der Waals surface area contributed by atoms with E-state index in [0.29, 0.717) is 25.5 Å². The fourth-order valence-electron chi connectivity index (χ4n) is 3.27. The third-order valence-electron chi connectivity index (χ3n) is 4.76. The average Bonchev–Trinajstić information content (AvgIpc) is 3.09. The van der Waals surface area contributed by atoms with Gasteiger partial charge in [-0.1, -0.05) is 29.8 Å². The first-order valence-corrected chi connectivity index (χ1v) is 10.2. The lowest BCUT2D eigenvalue weighted by molar-refractivity contribution is -0.136. The molecule has 8 heteroatoms. The predicted molar refractivity (Wildman–Crippen MR) is 114 cm³/mol. The van der Waals surface area contributed by atoms with Gasteiger partial charge in [0.15, 0.2) is 0 Å². The van der Waals surface area contributed by atoms with Crippen molar-refractivity contribution in [3.05, 3.63) is 57.5 Å². The minimum atomic E-state index is 0.139. The van der Waals surface area contributed by atoms with E-state index in [2.05, 4.69) is 20.9 Å². The maximum atomic E-state index is 12.6. The summed E-state index contributed by atoms with van der Waals surface area (Å²) in [6.07, 6.45) is 5.58. The summed E-state index contributed by atoms with van der Waals surface area (Å²) >= 11 is 7.46. The highest BCUT2D eigenvalue weighted by Gasteiger charge is 2.23. The highest BCUT2D eigenvalue weighted by Crippen LogP contribution is 2.21. The van der Waals surface area contributed by atoms with Crippen molar-refractivity contribution in [2.75, 3.05) is 31.9 Å². The Hall–Kier alpha value is -2.48. The summed E-state index contributed by atoms with van der Waals surface area (Å²) in [5.41, 5.74) is 8.82. The minimum Gasteiger partial charge on any atom is -0.383 e. The quantitative estimate of drug-likeness (QED) is 0.694. The van der Waals surface area contributed by atoms with Crippen molar-refractivity contribution in [2.45, 2.75) is 6.54 Å². The van der Waals surface area contributed by atoms with Crippen molar-refractivity contribution in [3.8, 4) is 0 Å². The van der Waals surface area contributed by atoms with Gasteiger partial charge < -0.3 is 10.6 Å². The van der Waals surface area contributed by atoms with Crippen LogP contribution in [0.2, 0.25) is 4.34 Å². The molecule has 1 aliphatic heterocycles. The summed E-state index contributed by atoms with van der Waals surface area (Å²) < 4.78 is 0.784. The van der Waals surface area contributed by atoms with Crippen LogP contribution < -0.4 is 5.73 Å². The maximum Gasteiger partial charge on any atom is 0.237 e. The number of carbonyl (C=O) groups excluding carboxylic acids is 1. The molecule has 0 bridgehead atoms. The van der Waals surface area contributed by atoms with Gasteiger partial charge in [0.1, 0.15) is 12.1 Å². The number of nitrogen functional groups attached to an aromatic ring is 1. The molecule has 1 fully saturated rings. The highest BCUT2D eigenvalue weighted by molar-refractivity contribution is 7.14. The van der Waals surface area contributed by atoms with Crippen molar-refractivity contribution in [1.82, 2.24) is 19.8 Å². The average molecular weight is 414 g/mol. The Morgan fingerprint density at radius 2 is 2.14 bits per heavy atom. The second kappa shape index (κ2) is 8.26. The Kier molecular flexibility index (Phi) is 5.57. The summed E-state index contributed by atoms with van der Waals surface area (Å²) in [4.78, 5) is 24.9. The number of aromatic nitrogens is 2. The SMILES string of the molecule is Nc1ncnc2cc(CN3CCN(CC=Cc4csc(Cl)c4)CC3=O)ccc12. The van der Waals surface area contributed by atoms with Crippen LogP contribution in [0.5, 0.6) is 0 Å². The Bertz CT molecular complexity index is 1030. The molecule has 6 nitrogen and oxygen atoms in total. The van der Waals surface area contributed by atoms with E-state index in [1.807, 2.05) is 40.6 Å². The van der Waals surface area contributed by atoms with Gasteiger partial charge in [-0.2, -0.15) is 0 Å². The molecule has 0 radical (unpaired) electrons. The van der Waals surface area contributed by atoms with Gasteiger partial charge in [-0.3, -0.25) is 9.69 Å². The van der Waals surface area contributed by atoms with Gasteiger partial charge in [-0.25, -0.2) is 9.97 Å². The van der Waals surface area contributed by atoms with Crippen LogP contribution in [0.3, 0.4) is 0 Å². The predicted octanol–water partition coefficient (Wildman–Crippen LogP) is 3.28. The number of anilines is 1. The molecule has 1 aromatic carbocycles. The normalized spacial score (nSPS) is 15.8. The fourth-order valence-corrected chi connectivity index (χ4v) is 4.13. The number of benzene rings is 1. The minimum absolute atomic E-state index is 0.139. The van der Waals surface area contributed by atoms with E-state index in [1.165, 1.54) is 17.7 Å². The van der Waals surface area contributed by atoms with Gasteiger partial charge in [0.2, 0.25) is 5.91 Å². The van der Waals surface area contributed by atoms with Crippen molar-refractivity contribution < 1.29 is 4.79 Å².